The SMILES string of the molecule is O=C1C=CC(=O)N1Cc1ccc([N+](=O)[O-])cc1. The molecule has 0 spiro atoms. The van der Waals surface area contributed by atoms with Crippen molar-refractivity contribution in [1.82, 2.24) is 4.90 Å². The molecule has 0 aliphatic carbocycles. The number of hydrogen-bond acceptors (Lipinski definition) is 4. The van der Waals surface area contributed by atoms with Gasteiger partial charge in [-0.3, -0.25) is 24.6 Å². The van der Waals surface area contributed by atoms with Crippen LogP contribution in [0, 0.1) is 10.1 Å². The van der Waals surface area contributed by atoms with Crippen molar-refractivity contribution in [3.8, 4) is 0 Å². The minimum absolute atomic E-state index is 0.0223. The van der Waals surface area contributed by atoms with E-state index in [-0.39, 0.29) is 24.0 Å². The zero-order valence-corrected chi connectivity index (χ0v) is 8.70. The van der Waals surface area contributed by atoms with Crippen molar-refractivity contribution >= 4 is 17.5 Å². The van der Waals surface area contributed by atoms with Crippen LogP contribution < -0.4 is 0 Å². The Hall–Kier alpha value is -2.50. The maximum atomic E-state index is 11.3. The monoisotopic (exact) mass is 232 g/mol. The summed E-state index contributed by atoms with van der Waals surface area (Å²) in [5.74, 6) is -0.735. The third kappa shape index (κ3) is 2.20. The molecule has 1 aromatic rings. The van der Waals surface area contributed by atoms with Crippen molar-refractivity contribution in [3.63, 3.8) is 0 Å². The average Bonchev–Trinajstić information content (AvgIpc) is 2.61. The molecule has 0 radical (unpaired) electrons. The summed E-state index contributed by atoms with van der Waals surface area (Å²) < 4.78 is 0. The Labute approximate surface area is 96.3 Å². The average molecular weight is 232 g/mol. The lowest BCUT2D eigenvalue weighted by Gasteiger charge is -2.13. The molecule has 0 saturated heterocycles. The van der Waals surface area contributed by atoms with Crippen molar-refractivity contribution in [2.75, 3.05) is 0 Å². The number of amides is 2. The molecule has 1 aromatic carbocycles. The van der Waals surface area contributed by atoms with Gasteiger partial charge in [0, 0.05) is 24.3 Å². The van der Waals surface area contributed by atoms with Gasteiger partial charge in [0.15, 0.2) is 0 Å². The maximum absolute atomic E-state index is 11.3. The Balaban J connectivity index is 2.12. The van der Waals surface area contributed by atoms with E-state index in [1.165, 1.54) is 36.4 Å². The van der Waals surface area contributed by atoms with Gasteiger partial charge in [0.05, 0.1) is 11.5 Å². The molecule has 86 valence electrons. The number of nitro benzene ring substituents is 1. The van der Waals surface area contributed by atoms with Crippen LogP contribution in [-0.2, 0) is 16.1 Å². The highest BCUT2D eigenvalue weighted by Gasteiger charge is 2.23. The lowest BCUT2D eigenvalue weighted by molar-refractivity contribution is -0.384. The van der Waals surface area contributed by atoms with Crippen LogP contribution in [0.4, 0.5) is 5.69 Å². The van der Waals surface area contributed by atoms with E-state index in [1.54, 1.807) is 0 Å². The van der Waals surface area contributed by atoms with Gasteiger partial charge in [-0.1, -0.05) is 12.1 Å². The molecule has 0 saturated carbocycles. The second kappa shape index (κ2) is 4.17. The number of benzene rings is 1. The fourth-order valence-corrected chi connectivity index (χ4v) is 1.49. The molecule has 0 aromatic heterocycles. The molecule has 0 atom stereocenters. The molecular formula is C11H8N2O4. The molecule has 6 nitrogen and oxygen atoms in total. The van der Waals surface area contributed by atoms with Gasteiger partial charge >= 0.3 is 0 Å². The van der Waals surface area contributed by atoms with Crippen LogP contribution in [0.2, 0.25) is 0 Å². The highest BCUT2D eigenvalue weighted by atomic mass is 16.6. The zero-order chi connectivity index (χ0) is 12.4. The molecule has 6 heteroatoms. The number of nitrogens with zero attached hydrogens (tertiary/aromatic N) is 2. The molecule has 1 heterocycles. The Bertz CT molecular complexity index is 501. The van der Waals surface area contributed by atoms with Crippen molar-refractivity contribution in [3.05, 3.63) is 52.1 Å². The normalized spacial score (nSPS) is 14.5. The molecule has 1 aliphatic heterocycles. The first-order valence-electron chi connectivity index (χ1n) is 4.85. The summed E-state index contributed by atoms with van der Waals surface area (Å²) in [5, 5.41) is 10.4. The highest BCUT2D eigenvalue weighted by Crippen LogP contribution is 2.15. The van der Waals surface area contributed by atoms with Crippen molar-refractivity contribution in [2.45, 2.75) is 6.54 Å². The third-order valence-electron chi connectivity index (χ3n) is 2.39. The van der Waals surface area contributed by atoms with E-state index in [0.717, 1.165) is 4.90 Å². The number of carbonyl (C=O) groups excluding carboxylic acids is 2. The first-order chi connectivity index (χ1) is 8.08. The smallest absolute Gasteiger partial charge is 0.269 e. The van der Waals surface area contributed by atoms with E-state index in [0.29, 0.717) is 5.56 Å². The minimum atomic E-state index is -0.502. The molecule has 0 fully saturated rings. The van der Waals surface area contributed by atoms with Crippen LogP contribution in [0.25, 0.3) is 0 Å². The van der Waals surface area contributed by atoms with E-state index in [1.807, 2.05) is 0 Å². The molecule has 0 bridgehead atoms. The summed E-state index contributed by atoms with van der Waals surface area (Å²) >= 11 is 0. The van der Waals surface area contributed by atoms with Crippen molar-refractivity contribution in [1.29, 1.82) is 0 Å². The molecule has 17 heavy (non-hydrogen) atoms. The number of nitro groups is 1. The summed E-state index contributed by atoms with van der Waals surface area (Å²) in [6, 6.07) is 5.73. The highest BCUT2D eigenvalue weighted by molar-refractivity contribution is 6.12. The minimum Gasteiger partial charge on any atom is -0.271 e. The Morgan fingerprint density at radius 2 is 1.59 bits per heavy atom. The van der Waals surface area contributed by atoms with E-state index in [9.17, 15) is 19.7 Å². The predicted octanol–water partition coefficient (Wildman–Crippen LogP) is 1.02. The standard InChI is InChI=1S/C11H8N2O4/c14-10-5-6-11(15)12(10)7-8-1-3-9(4-2-8)13(16)17/h1-6H,7H2. The molecule has 0 unspecified atom stereocenters. The van der Waals surface area contributed by atoms with Gasteiger partial charge < -0.3 is 0 Å². The molecule has 2 amide bonds. The molecule has 1 aliphatic rings. The van der Waals surface area contributed by atoms with E-state index in [2.05, 4.69) is 0 Å². The van der Waals surface area contributed by atoms with Crippen LogP contribution in [0.3, 0.4) is 0 Å². The van der Waals surface area contributed by atoms with Crippen LogP contribution in [0.5, 0.6) is 0 Å². The van der Waals surface area contributed by atoms with Gasteiger partial charge in [0.1, 0.15) is 0 Å². The summed E-state index contributed by atoms with van der Waals surface area (Å²) in [7, 11) is 0. The topological polar surface area (TPSA) is 80.5 Å². The fraction of sp³-hybridized carbons (Fsp3) is 0.0909. The Morgan fingerprint density at radius 1 is 1.06 bits per heavy atom. The summed E-state index contributed by atoms with van der Waals surface area (Å²) in [5.41, 5.74) is 0.645. The summed E-state index contributed by atoms with van der Waals surface area (Å²) in [6.07, 6.45) is 2.40. The number of non-ortho nitro benzene ring substituents is 1. The van der Waals surface area contributed by atoms with E-state index < -0.39 is 4.92 Å². The van der Waals surface area contributed by atoms with Gasteiger partial charge in [-0.15, -0.1) is 0 Å². The lowest BCUT2D eigenvalue weighted by atomic mass is 10.2. The second-order valence-electron chi connectivity index (χ2n) is 3.52. The summed E-state index contributed by atoms with van der Waals surface area (Å²) in [6.45, 7) is 0.128. The van der Waals surface area contributed by atoms with E-state index >= 15 is 0 Å². The largest absolute Gasteiger partial charge is 0.271 e. The number of carbonyl (C=O) groups is 2. The molecule has 2 rings (SSSR count). The van der Waals surface area contributed by atoms with Gasteiger partial charge in [-0.05, 0) is 5.56 Å². The Morgan fingerprint density at radius 3 is 2.06 bits per heavy atom. The molecular weight excluding hydrogens is 224 g/mol. The quantitative estimate of drug-likeness (QED) is 0.442. The first kappa shape index (κ1) is 11.0. The number of rotatable bonds is 3. The number of imide groups is 1. The van der Waals surface area contributed by atoms with Crippen molar-refractivity contribution in [2.24, 2.45) is 0 Å². The second-order valence-corrected chi connectivity index (χ2v) is 3.52. The number of hydrogen-bond donors (Lipinski definition) is 0. The zero-order valence-electron chi connectivity index (χ0n) is 8.70. The lowest BCUT2D eigenvalue weighted by Crippen LogP contribution is -2.29. The van der Waals surface area contributed by atoms with Crippen LogP contribution >= 0.6 is 0 Å². The first-order valence-corrected chi connectivity index (χ1v) is 4.85. The predicted molar refractivity (Wildman–Crippen MR) is 57.8 cm³/mol. The van der Waals surface area contributed by atoms with Gasteiger partial charge in [0.25, 0.3) is 17.5 Å². The third-order valence-corrected chi connectivity index (χ3v) is 2.39. The van der Waals surface area contributed by atoms with Gasteiger partial charge in [-0.2, -0.15) is 0 Å². The van der Waals surface area contributed by atoms with Gasteiger partial charge in [0.2, 0.25) is 0 Å². The fourth-order valence-electron chi connectivity index (χ4n) is 1.49. The van der Waals surface area contributed by atoms with Crippen LogP contribution in [0.1, 0.15) is 5.56 Å². The molecule has 0 N–H and O–H groups in total. The van der Waals surface area contributed by atoms with Crippen LogP contribution in [-0.4, -0.2) is 21.6 Å². The van der Waals surface area contributed by atoms with Crippen LogP contribution in [0.15, 0.2) is 36.4 Å². The van der Waals surface area contributed by atoms with Gasteiger partial charge in [-0.25, -0.2) is 0 Å². The maximum Gasteiger partial charge on any atom is 0.269 e. The Kier molecular flexibility index (Phi) is 2.70. The van der Waals surface area contributed by atoms with E-state index in [4.69, 9.17) is 0 Å². The summed E-state index contributed by atoms with van der Waals surface area (Å²) in [4.78, 5) is 33.6. The van der Waals surface area contributed by atoms with Crippen molar-refractivity contribution < 1.29 is 14.5 Å².